The van der Waals surface area contributed by atoms with Crippen molar-refractivity contribution >= 4 is 12.0 Å². The van der Waals surface area contributed by atoms with E-state index < -0.39 is 0 Å². The van der Waals surface area contributed by atoms with Crippen molar-refractivity contribution in [1.29, 1.82) is 0 Å². The van der Waals surface area contributed by atoms with Crippen LogP contribution < -0.4 is 5.73 Å². The van der Waals surface area contributed by atoms with E-state index in [-0.39, 0.29) is 5.41 Å². The number of hydrogen-bond donors (Lipinski definition) is 1. The number of rotatable bonds is 2. The van der Waals surface area contributed by atoms with E-state index in [1.54, 1.807) is 0 Å². The Hall–Kier alpha value is -1.31. The monoisotopic (exact) mass is 161 g/mol. The van der Waals surface area contributed by atoms with E-state index in [4.69, 9.17) is 5.73 Å². The Morgan fingerprint density at radius 2 is 1.83 bits per heavy atom. The van der Waals surface area contributed by atoms with Gasteiger partial charge < -0.3 is 10.5 Å². The zero-order valence-corrected chi connectivity index (χ0v) is 6.79. The van der Waals surface area contributed by atoms with Crippen molar-refractivity contribution in [3.63, 3.8) is 0 Å². The van der Waals surface area contributed by atoms with Crippen LogP contribution in [-0.2, 0) is 10.2 Å². The Bertz CT molecular complexity index is 298. The maximum absolute atomic E-state index is 10.7. The fraction of sp³-hybridized carbons (Fsp3) is 0.300. The Labute approximate surface area is 71.4 Å². The van der Waals surface area contributed by atoms with E-state index in [0.29, 0.717) is 0 Å². The molecule has 0 heterocycles. The summed E-state index contributed by atoms with van der Waals surface area (Å²) in [4.78, 5) is 10.7. The van der Waals surface area contributed by atoms with Gasteiger partial charge in [-0.3, -0.25) is 0 Å². The van der Waals surface area contributed by atoms with E-state index in [1.165, 1.54) is 0 Å². The number of nitrogens with two attached hydrogens (primary N) is 1. The SMILES string of the molecule is Nc1ccc(C2(C=O)CC2)cc1. The average Bonchev–Trinajstić information content (AvgIpc) is 2.86. The summed E-state index contributed by atoms with van der Waals surface area (Å²) in [5.74, 6) is 0. The fourth-order valence-corrected chi connectivity index (χ4v) is 1.42. The number of hydrogen-bond acceptors (Lipinski definition) is 2. The van der Waals surface area contributed by atoms with Crippen LogP contribution in [0.15, 0.2) is 24.3 Å². The van der Waals surface area contributed by atoms with Gasteiger partial charge >= 0.3 is 0 Å². The van der Waals surface area contributed by atoms with Crippen LogP contribution in [0.1, 0.15) is 18.4 Å². The third-order valence-electron chi connectivity index (χ3n) is 2.50. The molecule has 1 saturated carbocycles. The van der Waals surface area contributed by atoms with Gasteiger partial charge in [0, 0.05) is 5.69 Å². The van der Waals surface area contributed by atoms with Crippen LogP contribution >= 0.6 is 0 Å². The molecule has 62 valence electrons. The van der Waals surface area contributed by atoms with Crippen molar-refractivity contribution in [2.45, 2.75) is 18.3 Å². The highest BCUT2D eigenvalue weighted by Crippen LogP contribution is 2.46. The van der Waals surface area contributed by atoms with Crippen molar-refractivity contribution in [2.24, 2.45) is 0 Å². The first-order valence-corrected chi connectivity index (χ1v) is 4.09. The van der Waals surface area contributed by atoms with Gasteiger partial charge in [0.2, 0.25) is 0 Å². The van der Waals surface area contributed by atoms with Gasteiger partial charge in [-0.05, 0) is 30.5 Å². The van der Waals surface area contributed by atoms with Crippen molar-refractivity contribution < 1.29 is 4.79 Å². The molecule has 1 aliphatic carbocycles. The number of carbonyl (C=O) groups excluding carboxylic acids is 1. The first kappa shape index (κ1) is 7.35. The highest BCUT2D eigenvalue weighted by atomic mass is 16.1. The predicted molar refractivity (Wildman–Crippen MR) is 47.8 cm³/mol. The van der Waals surface area contributed by atoms with Crippen LogP contribution in [0.25, 0.3) is 0 Å². The summed E-state index contributed by atoms with van der Waals surface area (Å²) in [5, 5.41) is 0. The molecule has 0 saturated heterocycles. The minimum absolute atomic E-state index is 0.159. The molecule has 2 rings (SSSR count). The Morgan fingerprint density at radius 1 is 1.25 bits per heavy atom. The van der Waals surface area contributed by atoms with E-state index in [1.807, 2.05) is 24.3 Å². The van der Waals surface area contributed by atoms with Gasteiger partial charge in [-0.15, -0.1) is 0 Å². The molecule has 0 amide bonds. The highest BCUT2D eigenvalue weighted by molar-refractivity contribution is 5.73. The van der Waals surface area contributed by atoms with Crippen LogP contribution in [-0.4, -0.2) is 6.29 Å². The van der Waals surface area contributed by atoms with Gasteiger partial charge in [-0.2, -0.15) is 0 Å². The van der Waals surface area contributed by atoms with Gasteiger partial charge in [0.15, 0.2) is 0 Å². The second-order valence-corrected chi connectivity index (χ2v) is 3.40. The van der Waals surface area contributed by atoms with Gasteiger partial charge in [0.25, 0.3) is 0 Å². The van der Waals surface area contributed by atoms with Gasteiger partial charge in [-0.1, -0.05) is 12.1 Å². The lowest BCUT2D eigenvalue weighted by Crippen LogP contribution is -2.07. The lowest BCUT2D eigenvalue weighted by molar-refractivity contribution is -0.109. The number of anilines is 1. The van der Waals surface area contributed by atoms with Crippen LogP contribution in [0.4, 0.5) is 5.69 Å². The van der Waals surface area contributed by atoms with Crippen LogP contribution in [0.2, 0.25) is 0 Å². The Kier molecular flexibility index (Phi) is 1.43. The molecule has 1 aliphatic rings. The van der Waals surface area contributed by atoms with E-state index in [0.717, 1.165) is 30.4 Å². The minimum atomic E-state index is -0.159. The molecule has 1 aromatic rings. The average molecular weight is 161 g/mol. The second kappa shape index (κ2) is 2.34. The molecule has 0 unspecified atom stereocenters. The number of benzene rings is 1. The summed E-state index contributed by atoms with van der Waals surface area (Å²) in [7, 11) is 0. The van der Waals surface area contributed by atoms with Crippen LogP contribution in [0, 0.1) is 0 Å². The Morgan fingerprint density at radius 3 is 2.25 bits per heavy atom. The van der Waals surface area contributed by atoms with Crippen molar-refractivity contribution in [2.75, 3.05) is 5.73 Å². The standard InChI is InChI=1S/C10H11NO/c11-9-3-1-8(2-4-9)10(7-12)5-6-10/h1-4,7H,5-6,11H2. The first-order chi connectivity index (χ1) is 5.77. The number of nitrogen functional groups attached to an aromatic ring is 1. The molecular formula is C10H11NO. The summed E-state index contributed by atoms with van der Waals surface area (Å²) < 4.78 is 0. The number of aldehydes is 1. The van der Waals surface area contributed by atoms with Gasteiger partial charge in [0.05, 0.1) is 5.41 Å². The van der Waals surface area contributed by atoms with E-state index in [9.17, 15) is 4.79 Å². The minimum Gasteiger partial charge on any atom is -0.399 e. The molecule has 0 aromatic heterocycles. The normalized spacial score (nSPS) is 18.7. The first-order valence-electron chi connectivity index (χ1n) is 4.09. The topological polar surface area (TPSA) is 43.1 Å². The van der Waals surface area contributed by atoms with Gasteiger partial charge in [-0.25, -0.2) is 0 Å². The summed E-state index contributed by atoms with van der Waals surface area (Å²) in [5.41, 5.74) is 7.24. The number of carbonyl (C=O) groups is 1. The van der Waals surface area contributed by atoms with E-state index >= 15 is 0 Å². The summed E-state index contributed by atoms with van der Waals surface area (Å²) in [6.45, 7) is 0. The van der Waals surface area contributed by atoms with Crippen LogP contribution in [0.3, 0.4) is 0 Å². The molecule has 2 nitrogen and oxygen atoms in total. The predicted octanol–water partition coefficient (Wildman–Crippen LogP) is 1.50. The van der Waals surface area contributed by atoms with Crippen molar-refractivity contribution in [3.05, 3.63) is 29.8 Å². The molecular weight excluding hydrogens is 150 g/mol. The fourth-order valence-electron chi connectivity index (χ4n) is 1.42. The zero-order chi connectivity index (χ0) is 8.60. The molecule has 0 bridgehead atoms. The van der Waals surface area contributed by atoms with Crippen molar-refractivity contribution in [3.8, 4) is 0 Å². The highest BCUT2D eigenvalue weighted by Gasteiger charge is 2.43. The summed E-state index contributed by atoms with van der Waals surface area (Å²) >= 11 is 0. The van der Waals surface area contributed by atoms with Gasteiger partial charge in [0.1, 0.15) is 6.29 Å². The summed E-state index contributed by atoms with van der Waals surface area (Å²) in [6, 6.07) is 7.57. The third kappa shape index (κ3) is 0.998. The van der Waals surface area contributed by atoms with E-state index in [2.05, 4.69) is 0 Å². The molecule has 0 radical (unpaired) electrons. The van der Waals surface area contributed by atoms with Crippen molar-refractivity contribution in [1.82, 2.24) is 0 Å². The smallest absolute Gasteiger partial charge is 0.130 e. The molecule has 12 heavy (non-hydrogen) atoms. The molecule has 2 heteroatoms. The Balaban J connectivity index is 2.35. The zero-order valence-electron chi connectivity index (χ0n) is 6.79. The third-order valence-corrected chi connectivity index (χ3v) is 2.50. The lowest BCUT2D eigenvalue weighted by Gasteiger charge is -2.06. The summed E-state index contributed by atoms with van der Waals surface area (Å²) in [6.07, 6.45) is 3.03. The molecule has 0 atom stereocenters. The largest absolute Gasteiger partial charge is 0.399 e. The molecule has 0 aliphatic heterocycles. The quantitative estimate of drug-likeness (QED) is 0.527. The second-order valence-electron chi connectivity index (χ2n) is 3.40. The molecule has 1 aromatic carbocycles. The maximum atomic E-state index is 10.7. The molecule has 0 spiro atoms. The maximum Gasteiger partial charge on any atom is 0.130 e. The van der Waals surface area contributed by atoms with Crippen LogP contribution in [0.5, 0.6) is 0 Å². The lowest BCUT2D eigenvalue weighted by atomic mass is 9.98. The molecule has 1 fully saturated rings. The molecule has 2 N–H and O–H groups in total.